The van der Waals surface area contributed by atoms with Gasteiger partial charge in [-0.1, -0.05) is 24.3 Å². The molecule has 1 unspecified atom stereocenters. The molecule has 0 aliphatic carbocycles. The van der Waals surface area contributed by atoms with Gasteiger partial charge in [-0.25, -0.2) is 0 Å². The minimum absolute atomic E-state index is 0.140. The third-order valence-electron chi connectivity index (χ3n) is 3.71. The molecule has 1 aromatic rings. The van der Waals surface area contributed by atoms with Gasteiger partial charge in [-0.2, -0.15) is 0 Å². The van der Waals surface area contributed by atoms with Crippen LogP contribution in [-0.4, -0.2) is 23.8 Å². The van der Waals surface area contributed by atoms with Crippen molar-refractivity contribution in [3.8, 4) is 0 Å². The third-order valence-corrected chi connectivity index (χ3v) is 3.71. The average Bonchev–Trinajstić information content (AvgIpc) is 2.30. The standard InChI is InChI=1S/C13H17NO2/c15-12-11-4-2-1-3-10(11)9-13(16-12)5-7-14-8-6-13/h1-4,12,14-15H,5-9H2. The van der Waals surface area contributed by atoms with Gasteiger partial charge in [0.1, 0.15) is 0 Å². The van der Waals surface area contributed by atoms with Gasteiger partial charge in [0.15, 0.2) is 6.29 Å². The molecule has 3 nitrogen and oxygen atoms in total. The molecule has 0 bridgehead atoms. The van der Waals surface area contributed by atoms with Gasteiger partial charge in [0.25, 0.3) is 0 Å². The molecule has 2 heterocycles. The Bertz CT molecular complexity index is 385. The quantitative estimate of drug-likeness (QED) is 0.692. The average molecular weight is 219 g/mol. The molecule has 2 N–H and O–H groups in total. The molecular weight excluding hydrogens is 202 g/mol. The Morgan fingerprint density at radius 2 is 2.00 bits per heavy atom. The normalized spacial score (nSPS) is 27.7. The van der Waals surface area contributed by atoms with Crippen LogP contribution in [0.3, 0.4) is 0 Å². The smallest absolute Gasteiger partial charge is 0.182 e. The van der Waals surface area contributed by atoms with Crippen LogP contribution in [0.4, 0.5) is 0 Å². The molecule has 0 aromatic heterocycles. The highest BCUT2D eigenvalue weighted by molar-refractivity contribution is 5.31. The minimum atomic E-state index is -0.747. The lowest BCUT2D eigenvalue weighted by atomic mass is 9.82. The second-order valence-electron chi connectivity index (χ2n) is 4.78. The molecule has 1 aromatic carbocycles. The predicted octanol–water partition coefficient (Wildman–Crippen LogP) is 1.37. The maximum Gasteiger partial charge on any atom is 0.182 e. The Morgan fingerprint density at radius 1 is 1.25 bits per heavy atom. The van der Waals surface area contributed by atoms with E-state index < -0.39 is 6.29 Å². The van der Waals surface area contributed by atoms with E-state index in [1.54, 1.807) is 0 Å². The molecule has 1 fully saturated rings. The van der Waals surface area contributed by atoms with E-state index in [9.17, 15) is 5.11 Å². The number of hydrogen-bond donors (Lipinski definition) is 2. The Kier molecular flexibility index (Phi) is 2.46. The van der Waals surface area contributed by atoms with Gasteiger partial charge in [-0.3, -0.25) is 0 Å². The number of piperidine rings is 1. The molecule has 16 heavy (non-hydrogen) atoms. The second-order valence-corrected chi connectivity index (χ2v) is 4.78. The summed E-state index contributed by atoms with van der Waals surface area (Å²) in [5.74, 6) is 0. The van der Waals surface area contributed by atoms with Crippen molar-refractivity contribution in [1.29, 1.82) is 0 Å². The summed E-state index contributed by atoms with van der Waals surface area (Å²) in [6.07, 6.45) is 2.15. The van der Waals surface area contributed by atoms with Gasteiger partial charge in [-0.05, 0) is 31.5 Å². The fourth-order valence-corrected chi connectivity index (χ4v) is 2.80. The lowest BCUT2D eigenvalue weighted by Crippen LogP contribution is -2.48. The summed E-state index contributed by atoms with van der Waals surface area (Å²) < 4.78 is 5.86. The van der Waals surface area contributed by atoms with Crippen LogP contribution in [0.1, 0.15) is 30.3 Å². The summed E-state index contributed by atoms with van der Waals surface area (Å²) in [4.78, 5) is 0. The Balaban J connectivity index is 1.93. The number of fused-ring (bicyclic) bond motifs is 1. The van der Waals surface area contributed by atoms with Crippen molar-refractivity contribution < 1.29 is 9.84 Å². The van der Waals surface area contributed by atoms with Gasteiger partial charge >= 0.3 is 0 Å². The van der Waals surface area contributed by atoms with E-state index >= 15 is 0 Å². The van der Waals surface area contributed by atoms with Gasteiger partial charge < -0.3 is 15.2 Å². The summed E-state index contributed by atoms with van der Waals surface area (Å²) >= 11 is 0. The number of hydrogen-bond acceptors (Lipinski definition) is 3. The summed E-state index contributed by atoms with van der Waals surface area (Å²) in [5, 5.41) is 13.4. The summed E-state index contributed by atoms with van der Waals surface area (Å²) in [6, 6.07) is 8.04. The molecule has 1 saturated heterocycles. The van der Waals surface area contributed by atoms with Crippen molar-refractivity contribution in [3.63, 3.8) is 0 Å². The van der Waals surface area contributed by atoms with E-state index in [-0.39, 0.29) is 5.60 Å². The van der Waals surface area contributed by atoms with Crippen LogP contribution in [0, 0.1) is 0 Å². The van der Waals surface area contributed by atoms with Crippen LogP contribution in [0.15, 0.2) is 24.3 Å². The van der Waals surface area contributed by atoms with Crippen molar-refractivity contribution in [2.45, 2.75) is 31.2 Å². The van der Waals surface area contributed by atoms with Gasteiger partial charge in [0, 0.05) is 12.0 Å². The maximum absolute atomic E-state index is 10.0. The zero-order valence-corrected chi connectivity index (χ0v) is 9.28. The zero-order chi connectivity index (χ0) is 11.0. The highest BCUT2D eigenvalue weighted by Crippen LogP contribution is 2.39. The van der Waals surface area contributed by atoms with E-state index in [1.807, 2.05) is 18.2 Å². The first kappa shape index (κ1) is 10.3. The summed E-state index contributed by atoms with van der Waals surface area (Å²) in [6.45, 7) is 1.96. The summed E-state index contributed by atoms with van der Waals surface area (Å²) in [5.41, 5.74) is 2.04. The molecule has 0 radical (unpaired) electrons. The largest absolute Gasteiger partial charge is 0.364 e. The van der Waals surface area contributed by atoms with Crippen molar-refractivity contribution in [1.82, 2.24) is 5.32 Å². The molecule has 86 valence electrons. The first-order valence-corrected chi connectivity index (χ1v) is 5.94. The maximum atomic E-state index is 10.0. The first-order chi connectivity index (χ1) is 7.79. The lowest BCUT2D eigenvalue weighted by Gasteiger charge is -2.43. The predicted molar refractivity (Wildman–Crippen MR) is 61.0 cm³/mol. The number of benzene rings is 1. The molecule has 0 saturated carbocycles. The Morgan fingerprint density at radius 3 is 2.81 bits per heavy atom. The lowest BCUT2D eigenvalue weighted by molar-refractivity contribution is -0.208. The van der Waals surface area contributed by atoms with Crippen LogP contribution in [-0.2, 0) is 11.2 Å². The van der Waals surface area contributed by atoms with Gasteiger partial charge in [0.2, 0.25) is 0 Å². The zero-order valence-electron chi connectivity index (χ0n) is 9.28. The molecule has 3 heteroatoms. The topological polar surface area (TPSA) is 41.5 Å². The SMILES string of the molecule is OC1OC2(CCNCC2)Cc2ccccc21. The van der Waals surface area contributed by atoms with Crippen LogP contribution in [0.25, 0.3) is 0 Å². The molecule has 1 atom stereocenters. The number of ether oxygens (including phenoxy) is 1. The minimum Gasteiger partial charge on any atom is -0.364 e. The number of aliphatic hydroxyl groups is 1. The van der Waals surface area contributed by atoms with E-state index in [1.165, 1.54) is 5.56 Å². The highest BCUT2D eigenvalue weighted by Gasteiger charge is 2.40. The molecule has 1 spiro atoms. The second kappa shape index (κ2) is 3.84. The Labute approximate surface area is 95.4 Å². The molecule has 3 rings (SSSR count). The van der Waals surface area contributed by atoms with E-state index in [4.69, 9.17) is 4.74 Å². The molecule has 2 aliphatic rings. The Hall–Kier alpha value is -0.900. The molecular formula is C13H17NO2. The number of nitrogens with one attached hydrogen (secondary N) is 1. The van der Waals surface area contributed by atoms with Crippen LogP contribution >= 0.6 is 0 Å². The highest BCUT2D eigenvalue weighted by atomic mass is 16.6. The number of rotatable bonds is 0. The van der Waals surface area contributed by atoms with Crippen molar-refractivity contribution in [2.75, 3.05) is 13.1 Å². The van der Waals surface area contributed by atoms with Crippen molar-refractivity contribution in [2.24, 2.45) is 0 Å². The fourth-order valence-electron chi connectivity index (χ4n) is 2.80. The third kappa shape index (κ3) is 1.65. The van der Waals surface area contributed by atoms with Crippen molar-refractivity contribution >= 4 is 0 Å². The summed E-state index contributed by atoms with van der Waals surface area (Å²) in [7, 11) is 0. The fraction of sp³-hybridized carbons (Fsp3) is 0.538. The van der Waals surface area contributed by atoms with Crippen molar-refractivity contribution in [3.05, 3.63) is 35.4 Å². The van der Waals surface area contributed by atoms with Crippen LogP contribution in [0.5, 0.6) is 0 Å². The van der Waals surface area contributed by atoms with E-state index in [2.05, 4.69) is 11.4 Å². The first-order valence-electron chi connectivity index (χ1n) is 5.94. The van der Waals surface area contributed by atoms with E-state index in [0.29, 0.717) is 0 Å². The van der Waals surface area contributed by atoms with Gasteiger partial charge in [0.05, 0.1) is 5.60 Å². The van der Waals surface area contributed by atoms with Crippen LogP contribution < -0.4 is 5.32 Å². The van der Waals surface area contributed by atoms with E-state index in [0.717, 1.165) is 37.9 Å². The van der Waals surface area contributed by atoms with Gasteiger partial charge in [-0.15, -0.1) is 0 Å². The number of aliphatic hydroxyl groups excluding tert-OH is 1. The monoisotopic (exact) mass is 219 g/mol. The molecule has 0 amide bonds. The van der Waals surface area contributed by atoms with Crippen LogP contribution in [0.2, 0.25) is 0 Å². The molecule has 2 aliphatic heterocycles.